The molecule has 0 bridgehead atoms. The lowest BCUT2D eigenvalue weighted by molar-refractivity contribution is -0.117. The van der Waals surface area contributed by atoms with Gasteiger partial charge in [0.1, 0.15) is 5.82 Å². The first kappa shape index (κ1) is 18.2. The minimum absolute atomic E-state index is 0.0453. The molecule has 1 aliphatic heterocycles. The number of sulfonamides is 1. The number of aromatic nitrogens is 1. The van der Waals surface area contributed by atoms with Crippen LogP contribution >= 0.6 is 0 Å². The molecule has 0 aliphatic carbocycles. The first-order valence-electron chi connectivity index (χ1n) is 8.45. The topological polar surface area (TPSA) is 91.4 Å². The van der Waals surface area contributed by atoms with Crippen LogP contribution in [0.1, 0.15) is 25.8 Å². The summed E-state index contributed by atoms with van der Waals surface area (Å²) in [6.45, 7) is 4.12. The van der Waals surface area contributed by atoms with E-state index in [0.29, 0.717) is 17.1 Å². The Morgan fingerprint density at radius 2 is 2.04 bits per heavy atom. The Balaban J connectivity index is 1.77. The van der Waals surface area contributed by atoms with Crippen molar-refractivity contribution in [2.75, 3.05) is 22.0 Å². The van der Waals surface area contributed by atoms with Crippen molar-refractivity contribution in [1.29, 1.82) is 0 Å². The van der Waals surface area contributed by atoms with Gasteiger partial charge in [0.25, 0.3) is 10.0 Å². The second kappa shape index (κ2) is 6.95. The first-order chi connectivity index (χ1) is 12.3. The number of rotatable bonds is 6. The van der Waals surface area contributed by atoms with E-state index in [-0.39, 0.29) is 23.3 Å². The van der Waals surface area contributed by atoms with E-state index in [0.717, 1.165) is 12.1 Å². The van der Waals surface area contributed by atoms with Gasteiger partial charge in [-0.15, -0.1) is 0 Å². The molecule has 3 rings (SSSR count). The largest absolute Gasteiger partial charge is 0.368 e. The molecular formula is C18H22N4O3S. The molecule has 1 amide bonds. The number of anilines is 3. The second-order valence-electron chi connectivity index (χ2n) is 6.41. The smallest absolute Gasteiger partial charge is 0.261 e. The Morgan fingerprint density at radius 3 is 2.69 bits per heavy atom. The minimum atomic E-state index is -3.75. The van der Waals surface area contributed by atoms with E-state index in [4.69, 9.17) is 0 Å². The SMILES string of the molecule is CCC(C)Nc1ccc(NS(=O)(=O)c2ccc3c(c2)CC(=O)N3C)cn1. The van der Waals surface area contributed by atoms with Gasteiger partial charge in [-0.05, 0) is 49.2 Å². The lowest BCUT2D eigenvalue weighted by Gasteiger charge is -2.13. The number of benzene rings is 1. The summed E-state index contributed by atoms with van der Waals surface area (Å²) in [5.41, 5.74) is 1.84. The van der Waals surface area contributed by atoms with Crippen LogP contribution in [0.15, 0.2) is 41.4 Å². The van der Waals surface area contributed by atoms with Crippen molar-refractivity contribution in [2.24, 2.45) is 0 Å². The molecule has 7 nitrogen and oxygen atoms in total. The first-order valence-corrected chi connectivity index (χ1v) is 9.93. The zero-order valence-electron chi connectivity index (χ0n) is 15.0. The summed E-state index contributed by atoms with van der Waals surface area (Å²) in [5, 5.41) is 3.22. The van der Waals surface area contributed by atoms with Crippen LogP contribution in [0.25, 0.3) is 0 Å². The quantitative estimate of drug-likeness (QED) is 0.811. The summed E-state index contributed by atoms with van der Waals surface area (Å²) in [5.74, 6) is 0.650. The Hall–Kier alpha value is -2.61. The Kier molecular flexibility index (Phi) is 4.86. The highest BCUT2D eigenvalue weighted by molar-refractivity contribution is 7.92. The molecule has 26 heavy (non-hydrogen) atoms. The summed E-state index contributed by atoms with van der Waals surface area (Å²) in [7, 11) is -2.07. The van der Waals surface area contributed by atoms with Crippen molar-refractivity contribution in [2.45, 2.75) is 37.6 Å². The van der Waals surface area contributed by atoms with Gasteiger partial charge in [-0.3, -0.25) is 9.52 Å². The molecule has 0 fully saturated rings. The molecule has 2 N–H and O–H groups in total. The molecule has 1 unspecified atom stereocenters. The number of likely N-dealkylation sites (N-methyl/N-ethyl adjacent to an activating group) is 1. The predicted molar refractivity (Wildman–Crippen MR) is 102 cm³/mol. The third kappa shape index (κ3) is 3.65. The monoisotopic (exact) mass is 374 g/mol. The maximum Gasteiger partial charge on any atom is 0.261 e. The molecule has 0 saturated carbocycles. The van der Waals surface area contributed by atoms with Crippen LogP contribution in [0.3, 0.4) is 0 Å². The van der Waals surface area contributed by atoms with Gasteiger partial charge in [0.05, 0.1) is 23.2 Å². The van der Waals surface area contributed by atoms with Crippen molar-refractivity contribution in [3.8, 4) is 0 Å². The number of nitrogens with one attached hydrogen (secondary N) is 2. The van der Waals surface area contributed by atoms with E-state index < -0.39 is 10.0 Å². The van der Waals surface area contributed by atoms with Gasteiger partial charge in [0, 0.05) is 18.8 Å². The van der Waals surface area contributed by atoms with Gasteiger partial charge in [0.2, 0.25) is 5.91 Å². The van der Waals surface area contributed by atoms with Crippen molar-refractivity contribution >= 4 is 33.1 Å². The Labute approximate surface area is 153 Å². The molecule has 0 spiro atoms. The lowest BCUT2D eigenvalue weighted by atomic mass is 10.2. The molecule has 0 saturated heterocycles. The van der Waals surface area contributed by atoms with Crippen LogP contribution in [-0.2, 0) is 21.2 Å². The molecule has 0 radical (unpaired) electrons. The van der Waals surface area contributed by atoms with Crippen molar-refractivity contribution in [1.82, 2.24) is 4.98 Å². The van der Waals surface area contributed by atoms with Gasteiger partial charge in [-0.1, -0.05) is 6.92 Å². The van der Waals surface area contributed by atoms with Crippen LogP contribution in [0.2, 0.25) is 0 Å². The van der Waals surface area contributed by atoms with E-state index in [1.54, 1.807) is 31.3 Å². The number of hydrogen-bond acceptors (Lipinski definition) is 5. The van der Waals surface area contributed by atoms with E-state index in [1.807, 2.05) is 6.92 Å². The third-order valence-corrected chi connectivity index (χ3v) is 5.84. The minimum Gasteiger partial charge on any atom is -0.368 e. The van der Waals surface area contributed by atoms with Crippen LogP contribution in [-0.4, -0.2) is 32.4 Å². The number of carbonyl (C=O) groups excluding carboxylic acids is 1. The molecule has 1 aliphatic rings. The van der Waals surface area contributed by atoms with Gasteiger partial charge in [-0.25, -0.2) is 13.4 Å². The number of amides is 1. The van der Waals surface area contributed by atoms with Crippen molar-refractivity contribution in [3.63, 3.8) is 0 Å². The molecule has 2 heterocycles. The molecule has 1 atom stereocenters. The second-order valence-corrected chi connectivity index (χ2v) is 8.09. The summed E-state index contributed by atoms with van der Waals surface area (Å²) in [4.78, 5) is 17.7. The molecule has 1 aromatic carbocycles. The van der Waals surface area contributed by atoms with Gasteiger partial charge in [-0.2, -0.15) is 0 Å². The molecule has 2 aromatic rings. The summed E-state index contributed by atoms with van der Waals surface area (Å²) >= 11 is 0. The van der Waals surface area contributed by atoms with Gasteiger partial charge >= 0.3 is 0 Å². The molecular weight excluding hydrogens is 352 g/mol. The molecule has 138 valence electrons. The summed E-state index contributed by atoms with van der Waals surface area (Å²) < 4.78 is 27.8. The Bertz CT molecular complexity index is 926. The third-order valence-electron chi connectivity index (χ3n) is 4.46. The van der Waals surface area contributed by atoms with E-state index in [2.05, 4.69) is 21.9 Å². The maximum absolute atomic E-state index is 12.6. The number of fused-ring (bicyclic) bond motifs is 1. The fourth-order valence-corrected chi connectivity index (χ4v) is 3.82. The number of nitrogens with zero attached hydrogens (tertiary/aromatic N) is 2. The number of pyridine rings is 1. The van der Waals surface area contributed by atoms with Gasteiger partial charge in [0.15, 0.2) is 0 Å². The number of carbonyl (C=O) groups is 1. The Morgan fingerprint density at radius 1 is 1.27 bits per heavy atom. The van der Waals surface area contributed by atoms with Gasteiger partial charge < -0.3 is 10.2 Å². The molecule has 8 heteroatoms. The van der Waals surface area contributed by atoms with Crippen molar-refractivity contribution < 1.29 is 13.2 Å². The van der Waals surface area contributed by atoms with Crippen LogP contribution in [0.5, 0.6) is 0 Å². The van der Waals surface area contributed by atoms with Crippen molar-refractivity contribution in [3.05, 3.63) is 42.1 Å². The average Bonchev–Trinajstić information content (AvgIpc) is 2.90. The standard InChI is InChI=1S/C18H22N4O3S/c1-4-12(2)20-17-8-5-14(11-19-17)21-26(24,25)15-6-7-16-13(9-15)10-18(23)22(16)3/h5-9,11-12,21H,4,10H2,1-3H3,(H,19,20). The highest BCUT2D eigenvalue weighted by atomic mass is 32.2. The summed E-state index contributed by atoms with van der Waals surface area (Å²) in [6.07, 6.45) is 2.66. The fraction of sp³-hybridized carbons (Fsp3) is 0.333. The van der Waals surface area contributed by atoms with Crippen LogP contribution < -0.4 is 14.9 Å². The number of hydrogen-bond donors (Lipinski definition) is 2. The zero-order chi connectivity index (χ0) is 18.9. The lowest BCUT2D eigenvalue weighted by Crippen LogP contribution is -2.20. The van der Waals surface area contributed by atoms with Crippen LogP contribution in [0, 0.1) is 0 Å². The van der Waals surface area contributed by atoms with E-state index in [9.17, 15) is 13.2 Å². The highest BCUT2D eigenvalue weighted by Gasteiger charge is 2.26. The summed E-state index contributed by atoms with van der Waals surface area (Å²) in [6, 6.07) is 8.40. The predicted octanol–water partition coefficient (Wildman–Crippen LogP) is 2.61. The van der Waals surface area contributed by atoms with E-state index in [1.165, 1.54) is 17.2 Å². The maximum atomic E-state index is 12.6. The van der Waals surface area contributed by atoms with E-state index >= 15 is 0 Å². The highest BCUT2D eigenvalue weighted by Crippen LogP contribution is 2.30. The zero-order valence-corrected chi connectivity index (χ0v) is 15.8. The molecule has 1 aromatic heterocycles. The fourth-order valence-electron chi connectivity index (χ4n) is 2.72. The average molecular weight is 374 g/mol. The van der Waals surface area contributed by atoms with Crippen LogP contribution in [0.4, 0.5) is 17.2 Å². The normalized spacial score (nSPS) is 14.9.